The van der Waals surface area contributed by atoms with Crippen LogP contribution in [0.3, 0.4) is 0 Å². The molecule has 0 aliphatic rings. The first-order valence-electron chi connectivity index (χ1n) is 6.37. The third kappa shape index (κ3) is 4.77. The summed E-state index contributed by atoms with van der Waals surface area (Å²) in [6.45, 7) is -0.581. The van der Waals surface area contributed by atoms with Crippen molar-refractivity contribution in [1.29, 1.82) is 0 Å². The van der Waals surface area contributed by atoms with Crippen molar-refractivity contribution in [2.24, 2.45) is 5.10 Å². The van der Waals surface area contributed by atoms with E-state index in [1.54, 1.807) is 18.2 Å². The molecule has 2 aromatic rings. The number of alkyl halides is 3. The van der Waals surface area contributed by atoms with E-state index >= 15 is 0 Å². The molecule has 0 unspecified atom stereocenters. The van der Waals surface area contributed by atoms with Crippen LogP contribution in [0.15, 0.2) is 52.6 Å². The molecule has 2 aromatic heterocycles. The van der Waals surface area contributed by atoms with Crippen molar-refractivity contribution in [2.75, 3.05) is 0 Å². The molecule has 0 saturated carbocycles. The highest BCUT2D eigenvalue weighted by Crippen LogP contribution is 2.27. The largest absolute Gasteiger partial charge is 0.417 e. The molecule has 6 nitrogen and oxygen atoms in total. The number of nitrogens with one attached hydrogen (secondary N) is 1. The van der Waals surface area contributed by atoms with E-state index in [0.717, 1.165) is 6.07 Å². The highest BCUT2D eigenvalue weighted by Gasteiger charge is 2.31. The van der Waals surface area contributed by atoms with Gasteiger partial charge in [-0.25, -0.2) is 5.43 Å². The zero-order chi connectivity index (χ0) is 16.9. The number of carbonyl (C=O) groups excluding carboxylic acids is 1. The fraction of sp³-hybridized carbons (Fsp3) is 0.143. The number of rotatable bonds is 4. The van der Waals surface area contributed by atoms with E-state index in [0.29, 0.717) is 22.5 Å². The van der Waals surface area contributed by atoms with E-state index in [1.165, 1.54) is 12.4 Å². The third-order valence-electron chi connectivity index (χ3n) is 2.70. The highest BCUT2D eigenvalue weighted by atomic mass is 19.4. The SMILES string of the molecule is O=C(Cn1cc(C(F)(F)F)ccc1=O)NN=Cc1ccccn1. The number of hydrogen-bond donors (Lipinski definition) is 1. The number of amides is 1. The van der Waals surface area contributed by atoms with Gasteiger partial charge in [0.25, 0.3) is 11.5 Å². The van der Waals surface area contributed by atoms with E-state index in [4.69, 9.17) is 0 Å². The van der Waals surface area contributed by atoms with Gasteiger partial charge in [-0.1, -0.05) is 6.07 Å². The van der Waals surface area contributed by atoms with E-state index in [-0.39, 0.29) is 0 Å². The van der Waals surface area contributed by atoms with Gasteiger partial charge in [-0.3, -0.25) is 14.6 Å². The summed E-state index contributed by atoms with van der Waals surface area (Å²) in [5.74, 6) is -0.737. The maximum atomic E-state index is 12.6. The molecular formula is C14H11F3N4O2. The van der Waals surface area contributed by atoms with Gasteiger partial charge in [0, 0.05) is 18.5 Å². The number of aromatic nitrogens is 2. The van der Waals surface area contributed by atoms with Crippen molar-refractivity contribution >= 4 is 12.1 Å². The Labute approximate surface area is 128 Å². The number of hydrogen-bond acceptors (Lipinski definition) is 4. The lowest BCUT2D eigenvalue weighted by atomic mass is 10.3. The van der Waals surface area contributed by atoms with Gasteiger partial charge in [-0.2, -0.15) is 18.3 Å². The van der Waals surface area contributed by atoms with Crippen molar-refractivity contribution in [3.8, 4) is 0 Å². The topological polar surface area (TPSA) is 76.3 Å². The van der Waals surface area contributed by atoms with Crippen LogP contribution in [0.4, 0.5) is 13.2 Å². The minimum Gasteiger partial charge on any atom is -0.305 e. The Morgan fingerprint density at radius 1 is 1.30 bits per heavy atom. The number of nitrogens with zero attached hydrogens (tertiary/aromatic N) is 3. The molecule has 0 fully saturated rings. The lowest BCUT2D eigenvalue weighted by Crippen LogP contribution is -2.30. The monoisotopic (exact) mass is 324 g/mol. The molecule has 0 aliphatic carbocycles. The fourth-order valence-corrected chi connectivity index (χ4v) is 1.64. The van der Waals surface area contributed by atoms with Gasteiger partial charge in [0.05, 0.1) is 17.5 Å². The average molecular weight is 324 g/mol. The van der Waals surface area contributed by atoms with Crippen LogP contribution in [0.1, 0.15) is 11.3 Å². The van der Waals surface area contributed by atoms with Crippen molar-refractivity contribution in [2.45, 2.75) is 12.7 Å². The average Bonchev–Trinajstić information content (AvgIpc) is 2.49. The smallest absolute Gasteiger partial charge is 0.305 e. The lowest BCUT2D eigenvalue weighted by molar-refractivity contribution is -0.138. The molecular weight excluding hydrogens is 313 g/mol. The normalized spacial score (nSPS) is 11.6. The molecule has 1 amide bonds. The molecule has 2 heterocycles. The zero-order valence-electron chi connectivity index (χ0n) is 11.6. The summed E-state index contributed by atoms with van der Waals surface area (Å²) < 4.78 is 38.4. The molecule has 0 aliphatic heterocycles. The Morgan fingerprint density at radius 3 is 2.74 bits per heavy atom. The quantitative estimate of drug-likeness (QED) is 0.682. The van der Waals surface area contributed by atoms with Gasteiger partial charge in [0.2, 0.25) is 0 Å². The second-order valence-electron chi connectivity index (χ2n) is 4.43. The Kier molecular flexibility index (Phi) is 4.89. The van der Waals surface area contributed by atoms with Crippen LogP contribution < -0.4 is 11.0 Å². The van der Waals surface area contributed by atoms with E-state index < -0.39 is 29.8 Å². The molecule has 1 N–H and O–H groups in total. The van der Waals surface area contributed by atoms with Gasteiger partial charge < -0.3 is 4.57 Å². The number of hydrazone groups is 1. The van der Waals surface area contributed by atoms with E-state index in [1.807, 2.05) is 0 Å². The van der Waals surface area contributed by atoms with Gasteiger partial charge in [0.1, 0.15) is 6.54 Å². The molecule has 9 heteroatoms. The first kappa shape index (κ1) is 16.4. The summed E-state index contributed by atoms with van der Waals surface area (Å²) in [5.41, 5.74) is 0.872. The molecule has 0 atom stereocenters. The van der Waals surface area contributed by atoms with E-state index in [9.17, 15) is 22.8 Å². The molecule has 0 aromatic carbocycles. The van der Waals surface area contributed by atoms with Crippen LogP contribution in [-0.4, -0.2) is 21.7 Å². The Hall–Kier alpha value is -2.97. The summed E-state index contributed by atoms with van der Waals surface area (Å²) in [4.78, 5) is 27.1. The maximum absolute atomic E-state index is 12.6. The second kappa shape index (κ2) is 6.86. The summed E-state index contributed by atoms with van der Waals surface area (Å²) in [6, 6.07) is 6.49. The molecule has 0 radical (unpaired) electrons. The van der Waals surface area contributed by atoms with Gasteiger partial charge in [0.15, 0.2) is 0 Å². The van der Waals surface area contributed by atoms with Gasteiger partial charge >= 0.3 is 6.18 Å². The Morgan fingerprint density at radius 2 is 2.09 bits per heavy atom. The number of halogens is 3. The predicted molar refractivity (Wildman–Crippen MR) is 75.7 cm³/mol. The maximum Gasteiger partial charge on any atom is 0.417 e. The van der Waals surface area contributed by atoms with Crippen LogP contribution in [0.25, 0.3) is 0 Å². The van der Waals surface area contributed by atoms with E-state index in [2.05, 4.69) is 15.5 Å². The number of carbonyl (C=O) groups is 1. The van der Waals surface area contributed by atoms with Gasteiger partial charge in [-0.15, -0.1) is 0 Å². The first-order valence-corrected chi connectivity index (χ1v) is 6.37. The second-order valence-corrected chi connectivity index (χ2v) is 4.43. The Balaban J connectivity index is 2.03. The summed E-state index contributed by atoms with van der Waals surface area (Å²) in [5, 5.41) is 3.61. The third-order valence-corrected chi connectivity index (χ3v) is 2.70. The van der Waals surface area contributed by atoms with Crippen LogP contribution in [0.2, 0.25) is 0 Å². The van der Waals surface area contributed by atoms with Crippen molar-refractivity contribution < 1.29 is 18.0 Å². The van der Waals surface area contributed by atoms with Gasteiger partial charge in [-0.05, 0) is 18.2 Å². The van der Waals surface area contributed by atoms with Crippen LogP contribution in [0.5, 0.6) is 0 Å². The van der Waals surface area contributed by atoms with Crippen molar-refractivity contribution in [1.82, 2.24) is 15.0 Å². The summed E-state index contributed by atoms with van der Waals surface area (Å²) in [7, 11) is 0. The summed E-state index contributed by atoms with van der Waals surface area (Å²) in [6.07, 6.45) is -1.20. The molecule has 0 bridgehead atoms. The standard InChI is InChI=1S/C14H11F3N4O2/c15-14(16,17)10-4-5-13(23)21(8-10)9-12(22)20-19-7-11-3-1-2-6-18-11/h1-8H,9H2,(H,20,22). The van der Waals surface area contributed by atoms with Crippen LogP contribution in [-0.2, 0) is 17.5 Å². The molecule has 120 valence electrons. The van der Waals surface area contributed by atoms with Crippen molar-refractivity contribution in [3.63, 3.8) is 0 Å². The predicted octanol–water partition coefficient (Wildman–Crippen LogP) is 1.41. The molecule has 23 heavy (non-hydrogen) atoms. The zero-order valence-corrected chi connectivity index (χ0v) is 11.6. The lowest BCUT2D eigenvalue weighted by Gasteiger charge is -2.09. The summed E-state index contributed by atoms with van der Waals surface area (Å²) >= 11 is 0. The molecule has 0 spiro atoms. The Bertz CT molecular complexity index is 770. The van der Waals surface area contributed by atoms with Crippen molar-refractivity contribution in [3.05, 3.63) is 64.3 Å². The molecule has 0 saturated heterocycles. The molecule has 2 rings (SSSR count). The fourth-order valence-electron chi connectivity index (χ4n) is 1.64. The van der Waals surface area contributed by atoms with Crippen LogP contribution in [0, 0.1) is 0 Å². The minimum absolute atomic E-state index is 0.490. The number of pyridine rings is 2. The first-order chi connectivity index (χ1) is 10.9. The highest BCUT2D eigenvalue weighted by molar-refractivity contribution is 5.80. The minimum atomic E-state index is -4.59. The van der Waals surface area contributed by atoms with Crippen LogP contribution >= 0.6 is 0 Å².